The Hall–Kier alpha value is -2.08. The lowest BCUT2D eigenvalue weighted by atomic mass is 10.00. The summed E-state index contributed by atoms with van der Waals surface area (Å²) in [5.74, 6) is -1.72. The number of rotatable bonds is 9. The zero-order valence-corrected chi connectivity index (χ0v) is 16.3. The topological polar surface area (TPSA) is 95.5 Å². The largest absolute Gasteiger partial charge is 0.480 e. The number of carbonyl (C=O) groups excluding carboxylic acids is 2. The van der Waals surface area contributed by atoms with Crippen molar-refractivity contribution in [2.24, 2.45) is 11.8 Å². The van der Waals surface area contributed by atoms with Crippen molar-refractivity contribution in [2.45, 2.75) is 52.6 Å². The third-order valence-electron chi connectivity index (χ3n) is 3.76. The second-order valence-corrected chi connectivity index (χ2v) is 7.63. The monoisotopic (exact) mass is 382 g/mol. The summed E-state index contributed by atoms with van der Waals surface area (Å²) >= 11 is 5.82. The summed E-state index contributed by atoms with van der Waals surface area (Å²) in [5, 5.41) is 15.1. The SMILES string of the molecule is CC(C)CC(NC(=O)C(CC(C)C)NC(=O)c1ccc(Cl)cc1)C(=O)O. The van der Waals surface area contributed by atoms with Crippen molar-refractivity contribution in [2.75, 3.05) is 0 Å². The van der Waals surface area contributed by atoms with Crippen molar-refractivity contribution in [1.82, 2.24) is 10.6 Å². The molecule has 2 atom stereocenters. The highest BCUT2D eigenvalue weighted by Gasteiger charge is 2.27. The number of benzene rings is 1. The van der Waals surface area contributed by atoms with Crippen LogP contribution in [0.2, 0.25) is 5.02 Å². The molecule has 2 amide bonds. The first-order valence-electron chi connectivity index (χ1n) is 8.69. The van der Waals surface area contributed by atoms with Crippen LogP contribution in [0.5, 0.6) is 0 Å². The summed E-state index contributed by atoms with van der Waals surface area (Å²) in [6.07, 6.45) is 0.722. The molecule has 0 saturated heterocycles. The molecule has 0 aliphatic rings. The highest BCUT2D eigenvalue weighted by atomic mass is 35.5. The maximum absolute atomic E-state index is 12.6. The van der Waals surface area contributed by atoms with Gasteiger partial charge in [0, 0.05) is 10.6 Å². The van der Waals surface area contributed by atoms with E-state index in [-0.39, 0.29) is 11.8 Å². The van der Waals surface area contributed by atoms with Crippen LogP contribution in [0, 0.1) is 11.8 Å². The average molecular weight is 383 g/mol. The number of amides is 2. The number of carboxylic acid groups (broad SMARTS) is 1. The number of nitrogens with one attached hydrogen (secondary N) is 2. The molecule has 0 radical (unpaired) electrons. The van der Waals surface area contributed by atoms with E-state index < -0.39 is 29.9 Å². The van der Waals surface area contributed by atoms with Crippen LogP contribution in [-0.4, -0.2) is 35.0 Å². The Labute approximate surface area is 159 Å². The average Bonchev–Trinajstić information content (AvgIpc) is 2.53. The van der Waals surface area contributed by atoms with Crippen LogP contribution >= 0.6 is 11.6 Å². The summed E-state index contributed by atoms with van der Waals surface area (Å²) in [4.78, 5) is 36.4. The van der Waals surface area contributed by atoms with Gasteiger partial charge in [0.2, 0.25) is 5.91 Å². The van der Waals surface area contributed by atoms with Crippen molar-refractivity contribution >= 4 is 29.4 Å². The summed E-state index contributed by atoms with van der Waals surface area (Å²) in [6.45, 7) is 7.63. The van der Waals surface area contributed by atoms with E-state index >= 15 is 0 Å². The van der Waals surface area contributed by atoms with Crippen LogP contribution in [0.15, 0.2) is 24.3 Å². The van der Waals surface area contributed by atoms with Gasteiger partial charge in [-0.25, -0.2) is 4.79 Å². The third-order valence-corrected chi connectivity index (χ3v) is 4.01. The van der Waals surface area contributed by atoms with Gasteiger partial charge >= 0.3 is 5.97 Å². The summed E-state index contributed by atoms with van der Waals surface area (Å²) in [6, 6.07) is 4.53. The van der Waals surface area contributed by atoms with Crippen molar-refractivity contribution in [3.63, 3.8) is 0 Å². The van der Waals surface area contributed by atoms with Crippen molar-refractivity contribution in [1.29, 1.82) is 0 Å². The Morgan fingerprint density at radius 1 is 0.923 bits per heavy atom. The zero-order valence-electron chi connectivity index (χ0n) is 15.6. The predicted octanol–water partition coefficient (Wildman–Crippen LogP) is 3.10. The number of hydrogen-bond donors (Lipinski definition) is 3. The number of carboxylic acids is 1. The molecule has 1 rings (SSSR count). The lowest BCUT2D eigenvalue weighted by molar-refractivity contribution is -0.142. The first kappa shape index (κ1) is 22.0. The van der Waals surface area contributed by atoms with Crippen LogP contribution in [0.3, 0.4) is 0 Å². The fraction of sp³-hybridized carbons (Fsp3) is 0.526. The van der Waals surface area contributed by atoms with Gasteiger partial charge in [-0.15, -0.1) is 0 Å². The Balaban J connectivity index is 2.87. The molecule has 7 heteroatoms. The molecule has 144 valence electrons. The highest BCUT2D eigenvalue weighted by molar-refractivity contribution is 6.30. The molecule has 1 aromatic rings. The molecule has 0 aliphatic heterocycles. The van der Waals surface area contributed by atoms with Gasteiger partial charge in [-0.05, 0) is 48.9 Å². The minimum atomic E-state index is -1.08. The first-order chi connectivity index (χ1) is 12.1. The zero-order chi connectivity index (χ0) is 19.9. The summed E-state index contributed by atoms with van der Waals surface area (Å²) < 4.78 is 0. The molecular weight excluding hydrogens is 356 g/mol. The van der Waals surface area contributed by atoms with E-state index in [4.69, 9.17) is 11.6 Å². The number of carbonyl (C=O) groups is 3. The van der Waals surface area contributed by atoms with Crippen LogP contribution < -0.4 is 10.6 Å². The van der Waals surface area contributed by atoms with Gasteiger partial charge in [-0.1, -0.05) is 39.3 Å². The second kappa shape index (κ2) is 10.2. The second-order valence-electron chi connectivity index (χ2n) is 7.19. The highest BCUT2D eigenvalue weighted by Crippen LogP contribution is 2.12. The van der Waals surface area contributed by atoms with Gasteiger partial charge in [-0.2, -0.15) is 0 Å². The Morgan fingerprint density at radius 3 is 1.88 bits per heavy atom. The Kier molecular flexibility index (Phi) is 8.58. The fourth-order valence-corrected chi connectivity index (χ4v) is 2.64. The van der Waals surface area contributed by atoms with Gasteiger partial charge in [0.25, 0.3) is 5.91 Å². The van der Waals surface area contributed by atoms with E-state index in [0.717, 1.165) is 0 Å². The van der Waals surface area contributed by atoms with Gasteiger partial charge in [0.1, 0.15) is 12.1 Å². The van der Waals surface area contributed by atoms with Crippen molar-refractivity contribution in [3.8, 4) is 0 Å². The van der Waals surface area contributed by atoms with Crippen LogP contribution in [0.4, 0.5) is 0 Å². The lowest BCUT2D eigenvalue weighted by Crippen LogP contribution is -2.52. The van der Waals surface area contributed by atoms with Gasteiger partial charge in [0.05, 0.1) is 0 Å². The quantitative estimate of drug-likeness (QED) is 0.611. The molecule has 3 N–H and O–H groups in total. The smallest absolute Gasteiger partial charge is 0.326 e. The molecule has 0 aliphatic carbocycles. The minimum absolute atomic E-state index is 0.114. The van der Waals surface area contributed by atoms with E-state index in [1.54, 1.807) is 24.3 Å². The summed E-state index contributed by atoms with van der Waals surface area (Å²) in [7, 11) is 0. The maximum Gasteiger partial charge on any atom is 0.326 e. The minimum Gasteiger partial charge on any atom is -0.480 e. The van der Waals surface area contributed by atoms with Crippen LogP contribution in [0.1, 0.15) is 50.9 Å². The molecule has 2 unspecified atom stereocenters. The molecule has 0 bridgehead atoms. The summed E-state index contributed by atoms with van der Waals surface area (Å²) in [5.41, 5.74) is 0.382. The van der Waals surface area contributed by atoms with Crippen LogP contribution in [-0.2, 0) is 9.59 Å². The molecule has 6 nitrogen and oxygen atoms in total. The molecule has 0 saturated carbocycles. The first-order valence-corrected chi connectivity index (χ1v) is 9.07. The molecule has 0 heterocycles. The normalized spacial score (nSPS) is 13.3. The van der Waals surface area contributed by atoms with Crippen LogP contribution in [0.25, 0.3) is 0 Å². The van der Waals surface area contributed by atoms with Gasteiger partial charge in [-0.3, -0.25) is 9.59 Å². The van der Waals surface area contributed by atoms with E-state index in [9.17, 15) is 19.5 Å². The Morgan fingerprint density at radius 2 is 1.42 bits per heavy atom. The predicted molar refractivity (Wildman–Crippen MR) is 101 cm³/mol. The fourth-order valence-electron chi connectivity index (χ4n) is 2.51. The molecule has 26 heavy (non-hydrogen) atoms. The molecule has 0 spiro atoms. The van der Waals surface area contributed by atoms with E-state index in [2.05, 4.69) is 10.6 Å². The van der Waals surface area contributed by atoms with Crippen molar-refractivity contribution < 1.29 is 19.5 Å². The molecule has 1 aromatic carbocycles. The number of aliphatic carboxylic acids is 1. The number of halogens is 1. The van der Waals surface area contributed by atoms with Gasteiger partial charge < -0.3 is 15.7 Å². The van der Waals surface area contributed by atoms with Gasteiger partial charge in [0.15, 0.2) is 0 Å². The Bertz CT molecular complexity index is 629. The van der Waals surface area contributed by atoms with Crippen molar-refractivity contribution in [3.05, 3.63) is 34.9 Å². The van der Waals surface area contributed by atoms with E-state index in [1.807, 2.05) is 27.7 Å². The van der Waals surface area contributed by atoms with E-state index in [0.29, 0.717) is 23.4 Å². The molecule has 0 fully saturated rings. The molecule has 0 aromatic heterocycles. The number of hydrogen-bond acceptors (Lipinski definition) is 3. The standard InChI is InChI=1S/C19H27ClN2O4/c1-11(2)9-15(18(24)22-16(19(25)26)10-12(3)4)21-17(23)13-5-7-14(20)8-6-13/h5-8,11-12,15-16H,9-10H2,1-4H3,(H,21,23)(H,22,24)(H,25,26). The molecular formula is C19H27ClN2O4. The maximum atomic E-state index is 12.6. The lowest BCUT2D eigenvalue weighted by Gasteiger charge is -2.23. The third kappa shape index (κ3) is 7.44. The van der Waals surface area contributed by atoms with E-state index in [1.165, 1.54) is 0 Å².